The van der Waals surface area contributed by atoms with Gasteiger partial charge in [-0.1, -0.05) is 6.07 Å². The van der Waals surface area contributed by atoms with Gasteiger partial charge in [0.2, 0.25) is 11.8 Å². The van der Waals surface area contributed by atoms with Crippen LogP contribution in [0.5, 0.6) is 0 Å². The van der Waals surface area contributed by atoms with Crippen LogP contribution in [0.25, 0.3) is 0 Å². The third-order valence-electron chi connectivity index (χ3n) is 5.26. The summed E-state index contributed by atoms with van der Waals surface area (Å²) in [5, 5.41) is 15.1. The molecule has 3 aliphatic carbocycles. The normalized spacial score (nSPS) is 28.2. The van der Waals surface area contributed by atoms with Crippen LogP contribution in [0.1, 0.15) is 32.6 Å². The van der Waals surface area contributed by atoms with E-state index in [9.17, 15) is 19.5 Å². The number of amides is 2. The van der Waals surface area contributed by atoms with Crippen molar-refractivity contribution in [2.24, 2.45) is 23.7 Å². The van der Waals surface area contributed by atoms with Crippen LogP contribution in [-0.2, 0) is 14.4 Å². The van der Waals surface area contributed by atoms with Gasteiger partial charge in [0.1, 0.15) is 0 Å². The molecule has 6 nitrogen and oxygen atoms in total. The molecule has 0 aliphatic heterocycles. The third kappa shape index (κ3) is 3.27. The van der Waals surface area contributed by atoms with E-state index in [1.54, 1.807) is 24.3 Å². The summed E-state index contributed by atoms with van der Waals surface area (Å²) >= 11 is 0. The topological polar surface area (TPSA) is 95.5 Å². The molecule has 0 radical (unpaired) electrons. The number of carbonyl (C=O) groups is 3. The first-order chi connectivity index (χ1) is 11.5. The maximum absolute atomic E-state index is 12.7. The first-order valence-corrected chi connectivity index (χ1v) is 8.37. The number of hydrogen-bond acceptors (Lipinski definition) is 3. The molecule has 0 saturated heterocycles. The number of hydrogen-bond donors (Lipinski definition) is 3. The van der Waals surface area contributed by atoms with E-state index in [4.69, 9.17) is 0 Å². The van der Waals surface area contributed by atoms with Gasteiger partial charge < -0.3 is 15.7 Å². The Morgan fingerprint density at radius 2 is 1.50 bits per heavy atom. The zero-order chi connectivity index (χ0) is 17.3. The van der Waals surface area contributed by atoms with E-state index < -0.39 is 17.8 Å². The molecule has 3 aliphatic rings. The SMILES string of the molecule is CC(=O)Nc1cccc(NC(=O)[C@H]2C3CCC(CC3)[C@H]2C(=O)O)c1. The Labute approximate surface area is 140 Å². The second-order valence-corrected chi connectivity index (χ2v) is 6.82. The first kappa shape index (κ1) is 16.5. The van der Waals surface area contributed by atoms with Crippen LogP contribution in [0.4, 0.5) is 11.4 Å². The predicted molar refractivity (Wildman–Crippen MR) is 89.4 cm³/mol. The molecule has 3 N–H and O–H groups in total. The maximum atomic E-state index is 12.7. The molecule has 6 heteroatoms. The quantitative estimate of drug-likeness (QED) is 0.791. The Bertz CT molecular complexity index is 665. The molecule has 3 saturated carbocycles. The zero-order valence-corrected chi connectivity index (χ0v) is 13.6. The fourth-order valence-corrected chi connectivity index (χ4v) is 4.29. The van der Waals surface area contributed by atoms with E-state index in [-0.39, 0.29) is 23.7 Å². The van der Waals surface area contributed by atoms with Crippen LogP contribution in [0, 0.1) is 23.7 Å². The van der Waals surface area contributed by atoms with E-state index in [0.29, 0.717) is 11.4 Å². The zero-order valence-electron chi connectivity index (χ0n) is 13.6. The van der Waals surface area contributed by atoms with Gasteiger partial charge in [0.05, 0.1) is 11.8 Å². The lowest BCUT2D eigenvalue weighted by Crippen LogP contribution is -2.49. The molecule has 0 spiro atoms. The molecule has 128 valence electrons. The standard InChI is InChI=1S/C18H22N2O4/c1-10(21)19-13-3-2-4-14(9-13)20-17(22)15-11-5-7-12(8-6-11)16(15)18(23)24/h2-4,9,11-12,15-16H,5-8H2,1H3,(H,19,21)(H,20,22)(H,23,24)/t11?,12?,15-,16+/m0/s1. The summed E-state index contributed by atoms with van der Waals surface area (Å²) in [6.45, 7) is 1.42. The largest absolute Gasteiger partial charge is 0.481 e. The summed E-state index contributed by atoms with van der Waals surface area (Å²) < 4.78 is 0. The Morgan fingerprint density at radius 1 is 0.958 bits per heavy atom. The molecule has 2 bridgehead atoms. The minimum atomic E-state index is -0.864. The van der Waals surface area contributed by atoms with Crippen molar-refractivity contribution in [3.05, 3.63) is 24.3 Å². The Morgan fingerprint density at radius 3 is 2.04 bits per heavy atom. The summed E-state index contributed by atoms with van der Waals surface area (Å²) in [6, 6.07) is 6.89. The average Bonchev–Trinajstić information content (AvgIpc) is 2.54. The highest BCUT2D eigenvalue weighted by atomic mass is 16.4. The minimum absolute atomic E-state index is 0.106. The van der Waals surface area contributed by atoms with Crippen molar-refractivity contribution in [1.29, 1.82) is 0 Å². The van der Waals surface area contributed by atoms with Gasteiger partial charge in [0.15, 0.2) is 0 Å². The number of carbonyl (C=O) groups excluding carboxylic acids is 2. The molecule has 2 amide bonds. The van der Waals surface area contributed by atoms with Crippen LogP contribution >= 0.6 is 0 Å². The van der Waals surface area contributed by atoms with Crippen molar-refractivity contribution < 1.29 is 19.5 Å². The lowest BCUT2D eigenvalue weighted by atomic mass is 9.58. The van der Waals surface area contributed by atoms with Gasteiger partial charge >= 0.3 is 5.97 Å². The van der Waals surface area contributed by atoms with Crippen molar-refractivity contribution in [1.82, 2.24) is 0 Å². The van der Waals surface area contributed by atoms with Crippen molar-refractivity contribution in [3.8, 4) is 0 Å². The Kier molecular flexibility index (Phi) is 4.55. The second-order valence-electron chi connectivity index (χ2n) is 6.82. The number of carboxylic acids is 1. The second kappa shape index (κ2) is 6.63. The monoisotopic (exact) mass is 330 g/mol. The van der Waals surface area contributed by atoms with Gasteiger partial charge in [-0.2, -0.15) is 0 Å². The summed E-state index contributed by atoms with van der Waals surface area (Å²) in [7, 11) is 0. The minimum Gasteiger partial charge on any atom is -0.481 e. The smallest absolute Gasteiger partial charge is 0.307 e. The van der Waals surface area contributed by atoms with Crippen LogP contribution in [0.15, 0.2) is 24.3 Å². The van der Waals surface area contributed by atoms with E-state index in [1.807, 2.05) is 0 Å². The lowest BCUT2D eigenvalue weighted by Gasteiger charge is -2.45. The number of benzene rings is 1. The van der Waals surface area contributed by atoms with E-state index in [2.05, 4.69) is 10.6 Å². The van der Waals surface area contributed by atoms with Gasteiger partial charge in [-0.05, 0) is 55.7 Å². The number of nitrogens with one attached hydrogen (secondary N) is 2. The molecule has 0 heterocycles. The number of fused-ring (bicyclic) bond motifs is 3. The summed E-state index contributed by atoms with van der Waals surface area (Å²) in [5.74, 6) is -2.08. The van der Waals surface area contributed by atoms with E-state index in [0.717, 1.165) is 25.7 Å². The molecule has 4 rings (SSSR count). The molecule has 0 aromatic heterocycles. The van der Waals surface area contributed by atoms with Gasteiger partial charge in [0.25, 0.3) is 0 Å². The van der Waals surface area contributed by atoms with Gasteiger partial charge in [-0.3, -0.25) is 14.4 Å². The highest BCUT2D eigenvalue weighted by Gasteiger charge is 2.50. The molecule has 3 fully saturated rings. The van der Waals surface area contributed by atoms with Crippen LogP contribution < -0.4 is 10.6 Å². The molecule has 1 aromatic carbocycles. The summed E-state index contributed by atoms with van der Waals surface area (Å²) in [5.41, 5.74) is 1.16. The van der Waals surface area contributed by atoms with Crippen LogP contribution in [0.2, 0.25) is 0 Å². The van der Waals surface area contributed by atoms with Gasteiger partial charge in [0, 0.05) is 18.3 Å². The van der Waals surface area contributed by atoms with Crippen LogP contribution in [-0.4, -0.2) is 22.9 Å². The van der Waals surface area contributed by atoms with Gasteiger partial charge in [-0.25, -0.2) is 0 Å². The molecular formula is C18H22N2O4. The molecule has 0 unspecified atom stereocenters. The summed E-state index contributed by atoms with van der Waals surface area (Å²) in [6.07, 6.45) is 3.67. The highest BCUT2D eigenvalue weighted by Crippen LogP contribution is 2.49. The average molecular weight is 330 g/mol. The third-order valence-corrected chi connectivity index (χ3v) is 5.26. The molecule has 2 atom stereocenters. The predicted octanol–water partition coefficient (Wildman–Crippen LogP) is 2.72. The van der Waals surface area contributed by atoms with E-state index in [1.165, 1.54) is 6.92 Å². The van der Waals surface area contributed by atoms with Gasteiger partial charge in [-0.15, -0.1) is 0 Å². The van der Waals surface area contributed by atoms with E-state index >= 15 is 0 Å². The van der Waals surface area contributed by atoms with Crippen molar-refractivity contribution in [2.75, 3.05) is 10.6 Å². The maximum Gasteiger partial charge on any atom is 0.307 e. The first-order valence-electron chi connectivity index (χ1n) is 8.37. The Hall–Kier alpha value is -2.37. The molecule has 1 aromatic rings. The van der Waals surface area contributed by atoms with Crippen molar-refractivity contribution in [3.63, 3.8) is 0 Å². The number of anilines is 2. The van der Waals surface area contributed by atoms with Crippen LogP contribution in [0.3, 0.4) is 0 Å². The highest BCUT2D eigenvalue weighted by molar-refractivity contribution is 5.96. The molecule has 24 heavy (non-hydrogen) atoms. The fourth-order valence-electron chi connectivity index (χ4n) is 4.29. The lowest BCUT2D eigenvalue weighted by molar-refractivity contribution is -0.156. The Balaban J connectivity index is 1.76. The van der Waals surface area contributed by atoms with Crippen molar-refractivity contribution >= 4 is 29.2 Å². The number of carboxylic acid groups (broad SMARTS) is 1. The number of rotatable bonds is 4. The summed E-state index contributed by atoms with van der Waals surface area (Å²) in [4.78, 5) is 35.5. The fraction of sp³-hybridized carbons (Fsp3) is 0.500. The number of aliphatic carboxylic acids is 1. The van der Waals surface area contributed by atoms with Crippen molar-refractivity contribution in [2.45, 2.75) is 32.6 Å². The molecular weight excluding hydrogens is 308 g/mol.